The van der Waals surface area contributed by atoms with Crippen LogP contribution in [-0.2, 0) is 0 Å². The summed E-state index contributed by atoms with van der Waals surface area (Å²) in [5.74, 6) is 0.0164. The standard InChI is InChI=1S/C16H25N3OS/c1-3-8-18-15-11-17-9-7-14(15)16(20)19-12-5-4-6-13(10-12)21-2/h7,9,11-13,18H,3-6,8,10H2,1-2H3,(H,19,20). The monoisotopic (exact) mass is 307 g/mol. The largest absolute Gasteiger partial charge is 0.383 e. The van der Waals surface area contributed by atoms with Crippen molar-refractivity contribution < 1.29 is 4.79 Å². The molecule has 0 aliphatic heterocycles. The Morgan fingerprint density at radius 2 is 2.33 bits per heavy atom. The molecule has 4 nitrogen and oxygen atoms in total. The number of hydrogen-bond acceptors (Lipinski definition) is 4. The number of nitrogens with zero attached hydrogens (tertiary/aromatic N) is 1. The van der Waals surface area contributed by atoms with Gasteiger partial charge in [0.2, 0.25) is 0 Å². The number of aromatic nitrogens is 1. The summed E-state index contributed by atoms with van der Waals surface area (Å²) >= 11 is 1.91. The minimum absolute atomic E-state index is 0.0164. The van der Waals surface area contributed by atoms with Crippen molar-refractivity contribution in [2.45, 2.75) is 50.3 Å². The summed E-state index contributed by atoms with van der Waals surface area (Å²) in [6.07, 6.45) is 11.2. The Morgan fingerprint density at radius 1 is 1.48 bits per heavy atom. The molecule has 1 heterocycles. The van der Waals surface area contributed by atoms with Gasteiger partial charge in [0.1, 0.15) is 0 Å². The number of pyridine rings is 1. The van der Waals surface area contributed by atoms with Crippen LogP contribution in [0.5, 0.6) is 0 Å². The Hall–Kier alpha value is -1.23. The SMILES string of the molecule is CCCNc1cnccc1C(=O)NC1CCCC(SC)C1. The first-order chi connectivity index (χ1) is 10.2. The summed E-state index contributed by atoms with van der Waals surface area (Å²) in [5.41, 5.74) is 1.53. The van der Waals surface area contributed by atoms with Crippen molar-refractivity contribution in [1.29, 1.82) is 0 Å². The van der Waals surface area contributed by atoms with Crippen LogP contribution in [0.3, 0.4) is 0 Å². The minimum atomic E-state index is 0.0164. The highest BCUT2D eigenvalue weighted by molar-refractivity contribution is 7.99. The van der Waals surface area contributed by atoms with E-state index in [0.717, 1.165) is 31.5 Å². The topological polar surface area (TPSA) is 54.0 Å². The van der Waals surface area contributed by atoms with Gasteiger partial charge in [-0.2, -0.15) is 11.8 Å². The molecule has 2 unspecified atom stereocenters. The zero-order valence-electron chi connectivity index (χ0n) is 12.9. The molecule has 1 saturated carbocycles. The molecule has 0 saturated heterocycles. The Morgan fingerprint density at radius 3 is 3.10 bits per heavy atom. The number of hydrogen-bond donors (Lipinski definition) is 2. The van der Waals surface area contributed by atoms with E-state index in [1.807, 2.05) is 11.8 Å². The van der Waals surface area contributed by atoms with Gasteiger partial charge in [-0.1, -0.05) is 13.3 Å². The minimum Gasteiger partial charge on any atom is -0.383 e. The van der Waals surface area contributed by atoms with Crippen molar-refractivity contribution in [2.24, 2.45) is 0 Å². The number of nitrogens with one attached hydrogen (secondary N) is 2. The van der Waals surface area contributed by atoms with E-state index in [-0.39, 0.29) is 5.91 Å². The van der Waals surface area contributed by atoms with Crippen molar-refractivity contribution in [3.05, 3.63) is 24.0 Å². The quantitative estimate of drug-likeness (QED) is 0.846. The molecule has 1 aromatic heterocycles. The molecule has 1 amide bonds. The molecule has 0 aromatic carbocycles. The van der Waals surface area contributed by atoms with Gasteiger partial charge >= 0.3 is 0 Å². The first kappa shape index (κ1) is 16.1. The van der Waals surface area contributed by atoms with E-state index in [1.54, 1.807) is 18.5 Å². The maximum absolute atomic E-state index is 12.5. The summed E-state index contributed by atoms with van der Waals surface area (Å²) in [4.78, 5) is 16.6. The van der Waals surface area contributed by atoms with Crippen molar-refractivity contribution in [1.82, 2.24) is 10.3 Å². The van der Waals surface area contributed by atoms with Gasteiger partial charge in [-0.25, -0.2) is 0 Å². The molecule has 1 aliphatic carbocycles. The van der Waals surface area contributed by atoms with Gasteiger partial charge in [0.25, 0.3) is 5.91 Å². The normalized spacial score (nSPS) is 21.8. The molecule has 5 heteroatoms. The van der Waals surface area contributed by atoms with E-state index in [9.17, 15) is 4.79 Å². The second-order valence-corrected chi connectivity index (χ2v) is 6.68. The van der Waals surface area contributed by atoms with Crippen LogP contribution in [0.25, 0.3) is 0 Å². The summed E-state index contributed by atoms with van der Waals surface area (Å²) in [6.45, 7) is 2.96. The Balaban J connectivity index is 1.99. The number of amides is 1. The molecule has 116 valence electrons. The molecule has 0 spiro atoms. The lowest BCUT2D eigenvalue weighted by Gasteiger charge is -2.28. The van der Waals surface area contributed by atoms with Crippen LogP contribution < -0.4 is 10.6 Å². The number of carbonyl (C=O) groups is 1. The lowest BCUT2D eigenvalue weighted by atomic mass is 9.94. The second-order valence-electron chi connectivity index (χ2n) is 5.54. The average molecular weight is 307 g/mol. The van der Waals surface area contributed by atoms with E-state index in [4.69, 9.17) is 0 Å². The van der Waals surface area contributed by atoms with E-state index < -0.39 is 0 Å². The van der Waals surface area contributed by atoms with Crippen molar-refractivity contribution >= 4 is 23.4 Å². The molecule has 0 radical (unpaired) electrons. The fourth-order valence-electron chi connectivity index (χ4n) is 2.75. The molecule has 21 heavy (non-hydrogen) atoms. The Bertz CT molecular complexity index is 467. The van der Waals surface area contributed by atoms with Gasteiger partial charge in [0.05, 0.1) is 17.4 Å². The summed E-state index contributed by atoms with van der Waals surface area (Å²) < 4.78 is 0. The van der Waals surface area contributed by atoms with Crippen LogP contribution in [0.2, 0.25) is 0 Å². The molecule has 2 N–H and O–H groups in total. The van der Waals surface area contributed by atoms with Crippen LogP contribution in [-0.4, -0.2) is 35.0 Å². The van der Waals surface area contributed by atoms with Gasteiger partial charge in [-0.3, -0.25) is 9.78 Å². The van der Waals surface area contributed by atoms with Crippen LogP contribution in [0.1, 0.15) is 49.4 Å². The van der Waals surface area contributed by atoms with Gasteiger partial charge < -0.3 is 10.6 Å². The third kappa shape index (κ3) is 4.63. The lowest BCUT2D eigenvalue weighted by Crippen LogP contribution is -2.39. The zero-order chi connectivity index (χ0) is 15.1. The second kappa shape index (κ2) is 8.27. The van der Waals surface area contributed by atoms with E-state index >= 15 is 0 Å². The predicted molar refractivity (Wildman–Crippen MR) is 90.0 cm³/mol. The van der Waals surface area contributed by atoms with Gasteiger partial charge in [-0.15, -0.1) is 0 Å². The Labute approximate surface area is 131 Å². The number of thioether (sulfide) groups is 1. The van der Waals surface area contributed by atoms with Crippen LogP contribution in [0.4, 0.5) is 5.69 Å². The maximum atomic E-state index is 12.5. The molecule has 0 bridgehead atoms. The highest BCUT2D eigenvalue weighted by Gasteiger charge is 2.23. The highest BCUT2D eigenvalue weighted by atomic mass is 32.2. The number of anilines is 1. The van der Waals surface area contributed by atoms with E-state index in [2.05, 4.69) is 28.8 Å². The van der Waals surface area contributed by atoms with Crippen molar-refractivity contribution in [3.8, 4) is 0 Å². The van der Waals surface area contributed by atoms with Crippen molar-refractivity contribution in [2.75, 3.05) is 18.1 Å². The Kier molecular flexibility index (Phi) is 6.36. The fraction of sp³-hybridized carbons (Fsp3) is 0.625. The third-order valence-corrected chi connectivity index (χ3v) is 5.02. The number of rotatable bonds is 6. The molecular weight excluding hydrogens is 282 g/mol. The van der Waals surface area contributed by atoms with Crippen LogP contribution in [0.15, 0.2) is 18.5 Å². The maximum Gasteiger partial charge on any atom is 0.253 e. The smallest absolute Gasteiger partial charge is 0.253 e. The van der Waals surface area contributed by atoms with Gasteiger partial charge in [0, 0.05) is 24.0 Å². The highest BCUT2D eigenvalue weighted by Crippen LogP contribution is 2.27. The van der Waals surface area contributed by atoms with Crippen LogP contribution in [0, 0.1) is 0 Å². The van der Waals surface area contributed by atoms with E-state index in [0.29, 0.717) is 16.9 Å². The number of carbonyl (C=O) groups excluding carboxylic acids is 1. The van der Waals surface area contributed by atoms with Crippen molar-refractivity contribution in [3.63, 3.8) is 0 Å². The summed E-state index contributed by atoms with van der Waals surface area (Å²) in [5, 5.41) is 7.15. The molecular formula is C16H25N3OS. The third-order valence-electron chi connectivity index (χ3n) is 3.93. The van der Waals surface area contributed by atoms with E-state index in [1.165, 1.54) is 12.8 Å². The molecule has 1 fully saturated rings. The summed E-state index contributed by atoms with van der Waals surface area (Å²) in [7, 11) is 0. The van der Waals surface area contributed by atoms with Crippen LogP contribution >= 0.6 is 11.8 Å². The van der Waals surface area contributed by atoms with Gasteiger partial charge in [-0.05, 0) is 38.0 Å². The first-order valence-electron chi connectivity index (χ1n) is 7.76. The van der Waals surface area contributed by atoms with Gasteiger partial charge in [0.15, 0.2) is 0 Å². The molecule has 2 atom stereocenters. The first-order valence-corrected chi connectivity index (χ1v) is 9.05. The fourth-order valence-corrected chi connectivity index (χ4v) is 3.57. The summed E-state index contributed by atoms with van der Waals surface area (Å²) in [6, 6.07) is 2.10. The zero-order valence-corrected chi connectivity index (χ0v) is 13.7. The molecule has 2 rings (SSSR count). The lowest BCUT2D eigenvalue weighted by molar-refractivity contribution is 0.0929. The predicted octanol–water partition coefficient (Wildman–Crippen LogP) is 3.31. The average Bonchev–Trinajstić information content (AvgIpc) is 2.53. The molecule has 1 aromatic rings. The molecule has 1 aliphatic rings.